The van der Waals surface area contributed by atoms with Crippen LogP contribution in [-0.4, -0.2) is 28.5 Å². The number of halogens is 4. The van der Waals surface area contributed by atoms with E-state index in [1.165, 1.54) is 24.4 Å². The Balaban J connectivity index is 0.00000261. The summed E-state index contributed by atoms with van der Waals surface area (Å²) in [4.78, 5) is 8.07. The molecule has 0 aliphatic heterocycles. The zero-order valence-corrected chi connectivity index (χ0v) is 15.6. The van der Waals surface area contributed by atoms with Crippen molar-refractivity contribution in [1.29, 1.82) is 0 Å². The Morgan fingerprint density at radius 2 is 1.81 bits per heavy atom. The van der Waals surface area contributed by atoms with Crippen molar-refractivity contribution in [2.45, 2.75) is 30.5 Å². The lowest BCUT2D eigenvalue weighted by Gasteiger charge is -2.13. The van der Waals surface area contributed by atoms with Gasteiger partial charge < -0.3 is 5.73 Å². The van der Waals surface area contributed by atoms with Gasteiger partial charge >= 0.3 is 6.18 Å². The van der Waals surface area contributed by atoms with Gasteiger partial charge in [0.1, 0.15) is 5.52 Å². The number of nitrogens with zero attached hydrogens (tertiary/aromatic N) is 3. The highest BCUT2D eigenvalue weighted by atomic mass is 35.5. The number of alkyl halides is 3. The van der Waals surface area contributed by atoms with Gasteiger partial charge in [0, 0.05) is 6.20 Å². The van der Waals surface area contributed by atoms with E-state index in [4.69, 9.17) is 5.73 Å². The Labute approximate surface area is 159 Å². The molecule has 11 heteroatoms. The Morgan fingerprint density at radius 3 is 2.41 bits per heavy atom. The monoisotopic (exact) mass is 420 g/mol. The molecule has 0 aliphatic carbocycles. The zero-order chi connectivity index (χ0) is 19.1. The minimum Gasteiger partial charge on any atom is -0.322 e. The Morgan fingerprint density at radius 1 is 1.19 bits per heavy atom. The Kier molecular flexibility index (Phi) is 5.83. The van der Waals surface area contributed by atoms with Crippen molar-refractivity contribution in [1.82, 2.24) is 13.9 Å². The lowest BCUT2D eigenvalue weighted by molar-refractivity contribution is -0.138. The predicted molar refractivity (Wildman–Crippen MR) is 96.1 cm³/mol. The molecule has 0 bridgehead atoms. The molecular weight excluding hydrogens is 405 g/mol. The highest BCUT2D eigenvalue weighted by Crippen LogP contribution is 2.28. The summed E-state index contributed by atoms with van der Waals surface area (Å²) in [6.07, 6.45) is -3.34. The standard InChI is InChI=1S/C16H15F3N4O2S.ClH/c1-10-2-4-11(5-3-10)26(24,25)23-7-6-13-15(23)21-9-14(22-13)12(20)8-16(17,18)19;/h2-7,9,12H,8,20H2,1H3;1H. The van der Waals surface area contributed by atoms with Crippen molar-refractivity contribution in [3.8, 4) is 0 Å². The smallest absolute Gasteiger partial charge is 0.322 e. The van der Waals surface area contributed by atoms with Crippen LogP contribution in [0.3, 0.4) is 0 Å². The summed E-state index contributed by atoms with van der Waals surface area (Å²) in [5, 5.41) is 0. The highest BCUT2D eigenvalue weighted by Gasteiger charge is 2.32. The van der Waals surface area contributed by atoms with Gasteiger partial charge in [-0.05, 0) is 25.1 Å². The zero-order valence-electron chi connectivity index (χ0n) is 14.0. The third kappa shape index (κ3) is 4.40. The van der Waals surface area contributed by atoms with E-state index in [1.54, 1.807) is 12.1 Å². The second-order valence-corrected chi connectivity index (χ2v) is 7.67. The third-order valence-corrected chi connectivity index (χ3v) is 5.46. The molecule has 0 saturated carbocycles. The summed E-state index contributed by atoms with van der Waals surface area (Å²) in [6.45, 7) is 1.83. The molecule has 6 nitrogen and oxygen atoms in total. The maximum absolute atomic E-state index is 12.7. The molecule has 146 valence electrons. The molecule has 1 unspecified atom stereocenters. The van der Waals surface area contributed by atoms with Crippen LogP contribution in [0.2, 0.25) is 0 Å². The molecule has 2 N–H and O–H groups in total. The molecule has 0 aliphatic rings. The first-order valence-electron chi connectivity index (χ1n) is 7.56. The fraction of sp³-hybridized carbons (Fsp3) is 0.250. The van der Waals surface area contributed by atoms with Crippen molar-refractivity contribution < 1.29 is 21.6 Å². The van der Waals surface area contributed by atoms with Gasteiger partial charge in [-0.2, -0.15) is 13.2 Å². The van der Waals surface area contributed by atoms with E-state index < -0.39 is 28.7 Å². The first-order valence-corrected chi connectivity index (χ1v) is 9.00. The SMILES string of the molecule is Cc1ccc(S(=O)(=O)n2ccc3nc(C(N)CC(F)(F)F)cnc32)cc1.Cl. The van der Waals surface area contributed by atoms with Gasteiger partial charge in [0.25, 0.3) is 10.0 Å². The molecule has 0 amide bonds. The quantitative estimate of drug-likeness (QED) is 0.699. The molecule has 0 fully saturated rings. The van der Waals surface area contributed by atoms with Crippen LogP contribution in [0.5, 0.6) is 0 Å². The van der Waals surface area contributed by atoms with Gasteiger partial charge in [0.15, 0.2) is 5.65 Å². The van der Waals surface area contributed by atoms with E-state index in [1.807, 2.05) is 6.92 Å². The Bertz CT molecular complexity index is 1050. The van der Waals surface area contributed by atoms with Crippen molar-refractivity contribution in [3.63, 3.8) is 0 Å². The van der Waals surface area contributed by atoms with E-state index in [-0.39, 0.29) is 34.2 Å². The number of fused-ring (bicyclic) bond motifs is 1. The van der Waals surface area contributed by atoms with Crippen molar-refractivity contribution >= 4 is 33.6 Å². The summed E-state index contributed by atoms with van der Waals surface area (Å²) >= 11 is 0. The minimum absolute atomic E-state index is 0. The lowest BCUT2D eigenvalue weighted by atomic mass is 10.1. The van der Waals surface area contributed by atoms with Crippen LogP contribution in [-0.2, 0) is 10.0 Å². The van der Waals surface area contributed by atoms with Crippen LogP contribution in [0.1, 0.15) is 23.7 Å². The number of hydrogen-bond acceptors (Lipinski definition) is 5. The molecule has 0 radical (unpaired) electrons. The van der Waals surface area contributed by atoms with E-state index >= 15 is 0 Å². The van der Waals surface area contributed by atoms with Gasteiger partial charge in [-0.25, -0.2) is 22.4 Å². The van der Waals surface area contributed by atoms with Crippen LogP contribution < -0.4 is 5.73 Å². The number of hydrogen-bond donors (Lipinski definition) is 1. The largest absolute Gasteiger partial charge is 0.390 e. The average Bonchev–Trinajstić information content (AvgIpc) is 2.97. The van der Waals surface area contributed by atoms with Gasteiger partial charge in [-0.1, -0.05) is 17.7 Å². The summed E-state index contributed by atoms with van der Waals surface area (Å²) in [5.41, 5.74) is 6.54. The number of aromatic nitrogens is 3. The van der Waals surface area contributed by atoms with E-state index in [9.17, 15) is 21.6 Å². The van der Waals surface area contributed by atoms with Crippen molar-refractivity contribution in [2.75, 3.05) is 0 Å². The summed E-state index contributed by atoms with van der Waals surface area (Å²) in [5.74, 6) is 0. The molecule has 3 rings (SSSR count). The summed E-state index contributed by atoms with van der Waals surface area (Å²) in [6, 6.07) is 6.27. The van der Waals surface area contributed by atoms with Crippen LogP contribution >= 0.6 is 12.4 Å². The van der Waals surface area contributed by atoms with Crippen LogP contribution in [0, 0.1) is 6.92 Å². The molecular formula is C16H16ClF3N4O2S. The van der Waals surface area contributed by atoms with E-state index in [2.05, 4.69) is 9.97 Å². The molecule has 3 aromatic rings. The minimum atomic E-state index is -4.43. The van der Waals surface area contributed by atoms with E-state index in [0.717, 1.165) is 15.7 Å². The molecule has 1 aromatic carbocycles. The maximum atomic E-state index is 12.7. The molecule has 27 heavy (non-hydrogen) atoms. The highest BCUT2D eigenvalue weighted by molar-refractivity contribution is 7.90. The molecule has 2 heterocycles. The summed E-state index contributed by atoms with van der Waals surface area (Å²) < 4.78 is 63.9. The maximum Gasteiger partial charge on any atom is 0.390 e. The van der Waals surface area contributed by atoms with E-state index in [0.29, 0.717) is 0 Å². The van der Waals surface area contributed by atoms with Crippen molar-refractivity contribution in [3.05, 3.63) is 54.0 Å². The number of aryl methyl sites for hydroxylation is 1. The normalized spacial score (nSPS) is 13.4. The number of benzene rings is 1. The summed E-state index contributed by atoms with van der Waals surface area (Å²) in [7, 11) is -3.90. The van der Waals surface area contributed by atoms with Crippen LogP contribution in [0.15, 0.2) is 47.6 Å². The Hall–Kier alpha value is -2.17. The topological polar surface area (TPSA) is 90.9 Å². The third-order valence-electron chi connectivity index (χ3n) is 3.78. The number of rotatable bonds is 4. The fourth-order valence-electron chi connectivity index (χ4n) is 2.45. The van der Waals surface area contributed by atoms with Gasteiger partial charge in [0.2, 0.25) is 0 Å². The fourth-order valence-corrected chi connectivity index (χ4v) is 3.75. The average molecular weight is 421 g/mol. The molecule has 0 spiro atoms. The molecule has 2 aromatic heterocycles. The second kappa shape index (κ2) is 7.45. The molecule has 0 saturated heterocycles. The van der Waals surface area contributed by atoms with Gasteiger partial charge in [0.05, 0.1) is 29.2 Å². The van der Waals surface area contributed by atoms with Crippen LogP contribution in [0.4, 0.5) is 13.2 Å². The number of nitrogens with two attached hydrogens (primary N) is 1. The van der Waals surface area contributed by atoms with Crippen LogP contribution in [0.25, 0.3) is 11.2 Å². The van der Waals surface area contributed by atoms with Gasteiger partial charge in [-0.3, -0.25) is 0 Å². The van der Waals surface area contributed by atoms with Crippen molar-refractivity contribution in [2.24, 2.45) is 5.73 Å². The molecule has 1 atom stereocenters. The van der Waals surface area contributed by atoms with Gasteiger partial charge in [-0.15, -0.1) is 12.4 Å². The second-order valence-electron chi connectivity index (χ2n) is 5.86. The predicted octanol–water partition coefficient (Wildman–Crippen LogP) is 3.35. The lowest BCUT2D eigenvalue weighted by Crippen LogP contribution is -2.21. The first-order chi connectivity index (χ1) is 12.1. The first kappa shape index (κ1) is 21.1.